The Hall–Kier alpha value is -2.96. The van der Waals surface area contributed by atoms with E-state index in [9.17, 15) is 4.79 Å². The SMILES string of the molecule is CCOc1ccc(N=C2NC(=O)/C(=C\c3cc(C)n(-c4ccccc4Cl)c3C)S2)cc1. The number of hydrogen-bond donors (Lipinski definition) is 1. The number of hydrogen-bond acceptors (Lipinski definition) is 4. The molecule has 2 aromatic carbocycles. The minimum Gasteiger partial charge on any atom is -0.494 e. The highest BCUT2D eigenvalue weighted by molar-refractivity contribution is 8.18. The maximum atomic E-state index is 12.5. The van der Waals surface area contributed by atoms with E-state index in [1.54, 1.807) is 0 Å². The summed E-state index contributed by atoms with van der Waals surface area (Å²) >= 11 is 7.73. The van der Waals surface area contributed by atoms with Crippen molar-refractivity contribution in [3.63, 3.8) is 0 Å². The Balaban J connectivity index is 1.59. The quantitative estimate of drug-likeness (QED) is 0.481. The molecule has 4 rings (SSSR count). The van der Waals surface area contributed by atoms with Gasteiger partial charge < -0.3 is 14.6 Å². The van der Waals surface area contributed by atoms with Crippen LogP contribution in [0, 0.1) is 13.8 Å². The van der Waals surface area contributed by atoms with Crippen molar-refractivity contribution in [1.29, 1.82) is 0 Å². The summed E-state index contributed by atoms with van der Waals surface area (Å²) in [5, 5.41) is 4.08. The van der Waals surface area contributed by atoms with Crippen LogP contribution in [-0.2, 0) is 4.79 Å². The minimum atomic E-state index is -0.155. The molecule has 0 aliphatic carbocycles. The molecule has 2 heterocycles. The first-order valence-corrected chi connectivity index (χ1v) is 11.1. The normalized spacial score (nSPS) is 16.2. The van der Waals surface area contributed by atoms with E-state index >= 15 is 0 Å². The molecule has 1 saturated heterocycles. The lowest BCUT2D eigenvalue weighted by Gasteiger charge is -2.11. The first-order chi connectivity index (χ1) is 15.0. The van der Waals surface area contributed by atoms with E-state index in [4.69, 9.17) is 16.3 Å². The molecule has 0 saturated carbocycles. The summed E-state index contributed by atoms with van der Waals surface area (Å²) in [6, 6.07) is 17.2. The number of halogens is 1. The topological polar surface area (TPSA) is 55.6 Å². The number of carbonyl (C=O) groups excluding carboxylic acids is 1. The van der Waals surface area contributed by atoms with E-state index in [1.165, 1.54) is 11.8 Å². The maximum absolute atomic E-state index is 12.5. The minimum absolute atomic E-state index is 0.155. The number of nitrogens with zero attached hydrogens (tertiary/aromatic N) is 2. The van der Waals surface area contributed by atoms with Gasteiger partial charge in [0, 0.05) is 11.4 Å². The molecule has 1 aliphatic rings. The van der Waals surface area contributed by atoms with Crippen molar-refractivity contribution in [3.05, 3.63) is 81.5 Å². The predicted molar refractivity (Wildman–Crippen MR) is 129 cm³/mol. The summed E-state index contributed by atoms with van der Waals surface area (Å²) in [7, 11) is 0. The van der Waals surface area contributed by atoms with Crippen LogP contribution in [0.1, 0.15) is 23.9 Å². The van der Waals surface area contributed by atoms with Crippen molar-refractivity contribution >= 4 is 46.2 Å². The van der Waals surface area contributed by atoms with Gasteiger partial charge in [0.1, 0.15) is 5.75 Å². The van der Waals surface area contributed by atoms with Crippen LogP contribution in [0.4, 0.5) is 5.69 Å². The molecule has 1 aromatic heterocycles. The number of ether oxygens (including phenoxy) is 1. The number of rotatable bonds is 5. The molecule has 0 unspecified atom stereocenters. The molecule has 7 heteroatoms. The summed E-state index contributed by atoms with van der Waals surface area (Å²) in [6.07, 6.45) is 1.90. The Bertz CT molecular complexity index is 1200. The number of aryl methyl sites for hydroxylation is 1. The van der Waals surface area contributed by atoms with E-state index in [0.717, 1.165) is 34.1 Å². The molecule has 158 valence electrons. The fourth-order valence-electron chi connectivity index (χ4n) is 3.46. The molecule has 1 amide bonds. The van der Waals surface area contributed by atoms with Crippen LogP contribution >= 0.6 is 23.4 Å². The summed E-state index contributed by atoms with van der Waals surface area (Å²) in [4.78, 5) is 17.7. The second kappa shape index (κ2) is 9.04. The van der Waals surface area contributed by atoms with Gasteiger partial charge in [0.2, 0.25) is 0 Å². The van der Waals surface area contributed by atoms with Gasteiger partial charge >= 0.3 is 0 Å². The third-order valence-corrected chi connectivity index (χ3v) is 6.11. The molecule has 31 heavy (non-hydrogen) atoms. The van der Waals surface area contributed by atoms with Gasteiger partial charge in [0.25, 0.3) is 5.91 Å². The van der Waals surface area contributed by atoms with Crippen LogP contribution in [0.25, 0.3) is 11.8 Å². The van der Waals surface area contributed by atoms with Crippen molar-refractivity contribution < 1.29 is 9.53 Å². The monoisotopic (exact) mass is 451 g/mol. The van der Waals surface area contributed by atoms with Gasteiger partial charge in [-0.1, -0.05) is 23.7 Å². The van der Waals surface area contributed by atoms with Gasteiger partial charge in [-0.2, -0.15) is 0 Å². The number of aromatic nitrogens is 1. The lowest BCUT2D eigenvalue weighted by Crippen LogP contribution is -2.19. The molecular weight excluding hydrogens is 430 g/mol. The largest absolute Gasteiger partial charge is 0.494 e. The molecule has 0 spiro atoms. The number of thioether (sulfide) groups is 1. The first-order valence-electron chi connectivity index (χ1n) is 9.92. The van der Waals surface area contributed by atoms with Crippen molar-refractivity contribution in [3.8, 4) is 11.4 Å². The van der Waals surface area contributed by atoms with E-state index < -0.39 is 0 Å². The van der Waals surface area contributed by atoms with Crippen LogP contribution in [0.3, 0.4) is 0 Å². The lowest BCUT2D eigenvalue weighted by atomic mass is 10.2. The molecule has 1 N–H and O–H groups in total. The van der Waals surface area contributed by atoms with E-state index in [1.807, 2.05) is 75.4 Å². The molecule has 5 nitrogen and oxygen atoms in total. The fraction of sp³-hybridized carbons (Fsp3) is 0.167. The summed E-state index contributed by atoms with van der Waals surface area (Å²) < 4.78 is 7.55. The van der Waals surface area contributed by atoms with Crippen LogP contribution in [0.2, 0.25) is 5.02 Å². The third-order valence-electron chi connectivity index (χ3n) is 4.88. The van der Waals surface area contributed by atoms with Crippen molar-refractivity contribution in [2.75, 3.05) is 6.61 Å². The van der Waals surface area contributed by atoms with Crippen LogP contribution in [0.15, 0.2) is 64.5 Å². The fourth-order valence-corrected chi connectivity index (χ4v) is 4.51. The van der Waals surface area contributed by atoms with Crippen LogP contribution in [-0.4, -0.2) is 22.2 Å². The molecule has 0 bridgehead atoms. The summed E-state index contributed by atoms with van der Waals surface area (Å²) in [6.45, 7) is 6.61. The van der Waals surface area contributed by atoms with Gasteiger partial charge in [0.05, 0.1) is 27.9 Å². The number of aliphatic imine (C=N–C) groups is 1. The highest BCUT2D eigenvalue weighted by atomic mass is 35.5. The van der Waals surface area contributed by atoms with Gasteiger partial charge in [0.15, 0.2) is 5.17 Å². The Morgan fingerprint density at radius 3 is 2.61 bits per heavy atom. The summed E-state index contributed by atoms with van der Waals surface area (Å²) in [5.41, 5.74) is 4.71. The van der Waals surface area contributed by atoms with Gasteiger partial charge in [-0.05, 0) is 86.6 Å². The number of benzene rings is 2. The molecule has 0 atom stereocenters. The number of nitrogens with one attached hydrogen (secondary N) is 1. The molecule has 1 fully saturated rings. The first kappa shape index (κ1) is 21.3. The molecule has 0 radical (unpaired) electrons. The van der Waals surface area contributed by atoms with E-state index in [2.05, 4.69) is 20.9 Å². The third kappa shape index (κ3) is 4.55. The van der Waals surface area contributed by atoms with Crippen LogP contribution in [0.5, 0.6) is 5.75 Å². The second-order valence-corrected chi connectivity index (χ2v) is 8.46. The van der Waals surface area contributed by atoms with Crippen molar-refractivity contribution in [2.45, 2.75) is 20.8 Å². The zero-order chi connectivity index (χ0) is 22.0. The number of amides is 1. The van der Waals surface area contributed by atoms with Crippen molar-refractivity contribution in [1.82, 2.24) is 9.88 Å². The van der Waals surface area contributed by atoms with E-state index in [-0.39, 0.29) is 5.91 Å². The Morgan fingerprint density at radius 2 is 1.90 bits per heavy atom. The van der Waals surface area contributed by atoms with Crippen LogP contribution < -0.4 is 10.1 Å². The summed E-state index contributed by atoms with van der Waals surface area (Å²) in [5.74, 6) is 0.640. The zero-order valence-corrected chi connectivity index (χ0v) is 19.1. The highest BCUT2D eigenvalue weighted by Crippen LogP contribution is 2.32. The molecule has 1 aliphatic heterocycles. The zero-order valence-electron chi connectivity index (χ0n) is 17.5. The average Bonchev–Trinajstić information content (AvgIpc) is 3.22. The Labute approximate surface area is 190 Å². The number of carbonyl (C=O) groups is 1. The van der Waals surface area contributed by atoms with Gasteiger partial charge in [-0.15, -0.1) is 0 Å². The van der Waals surface area contributed by atoms with E-state index in [0.29, 0.717) is 21.7 Å². The molecular formula is C24H22ClN3O2S. The molecule has 3 aromatic rings. The van der Waals surface area contributed by atoms with Gasteiger partial charge in [-0.3, -0.25) is 4.79 Å². The average molecular weight is 452 g/mol. The lowest BCUT2D eigenvalue weighted by molar-refractivity contribution is -0.115. The van der Waals surface area contributed by atoms with Gasteiger partial charge in [-0.25, -0.2) is 4.99 Å². The number of amidine groups is 1. The predicted octanol–water partition coefficient (Wildman–Crippen LogP) is 6.04. The smallest absolute Gasteiger partial charge is 0.264 e. The number of para-hydroxylation sites is 1. The Morgan fingerprint density at radius 1 is 1.16 bits per heavy atom. The Kier molecular flexibility index (Phi) is 6.20. The highest BCUT2D eigenvalue weighted by Gasteiger charge is 2.24. The maximum Gasteiger partial charge on any atom is 0.264 e. The standard InChI is InChI=1S/C24H22ClN3O2S/c1-4-30-19-11-9-18(10-12-19)26-24-27-23(29)22(31-24)14-17-13-15(2)28(16(17)3)21-8-6-5-7-20(21)25/h5-14H,4H2,1-3H3,(H,26,27,29)/b22-14+. The van der Waals surface area contributed by atoms with Crippen molar-refractivity contribution in [2.24, 2.45) is 4.99 Å². The second-order valence-electron chi connectivity index (χ2n) is 7.02.